The van der Waals surface area contributed by atoms with Gasteiger partial charge in [0.05, 0.1) is 12.1 Å². The van der Waals surface area contributed by atoms with Crippen LogP contribution in [-0.2, 0) is 11.2 Å². The molecule has 2 aromatic rings. The Morgan fingerprint density at radius 1 is 1.19 bits per heavy atom. The standard InChI is InChI=1S/C15H12F2N2OS/c16-10-5-6-13(11(8-10)15(18)21)19-14(20)7-9-3-1-2-4-12(9)17/h1-6,8H,7H2,(H2,18,21)(H,19,20). The first-order valence-corrected chi connectivity index (χ1v) is 6.51. The molecule has 2 rings (SSSR count). The third-order valence-corrected chi connectivity index (χ3v) is 3.05. The van der Waals surface area contributed by atoms with Crippen LogP contribution >= 0.6 is 12.2 Å². The predicted octanol–water partition coefficient (Wildman–Crippen LogP) is 2.78. The van der Waals surface area contributed by atoms with Crippen molar-refractivity contribution in [2.24, 2.45) is 5.73 Å². The highest BCUT2D eigenvalue weighted by Crippen LogP contribution is 2.18. The zero-order valence-corrected chi connectivity index (χ0v) is 11.7. The summed E-state index contributed by atoms with van der Waals surface area (Å²) in [5.41, 5.74) is 6.29. The van der Waals surface area contributed by atoms with E-state index in [0.29, 0.717) is 5.69 Å². The Hall–Kier alpha value is -2.34. The Labute approximate surface area is 125 Å². The molecule has 0 aliphatic carbocycles. The van der Waals surface area contributed by atoms with Gasteiger partial charge in [-0.2, -0.15) is 0 Å². The highest BCUT2D eigenvalue weighted by atomic mass is 32.1. The van der Waals surface area contributed by atoms with Crippen molar-refractivity contribution in [3.63, 3.8) is 0 Å². The van der Waals surface area contributed by atoms with Crippen LogP contribution < -0.4 is 11.1 Å². The SMILES string of the molecule is NC(=S)c1cc(F)ccc1NC(=O)Cc1ccccc1F. The van der Waals surface area contributed by atoms with Gasteiger partial charge >= 0.3 is 0 Å². The summed E-state index contributed by atoms with van der Waals surface area (Å²) >= 11 is 4.81. The minimum atomic E-state index is -0.509. The van der Waals surface area contributed by atoms with Gasteiger partial charge in [0, 0.05) is 5.56 Å². The normalized spacial score (nSPS) is 10.2. The molecule has 3 nitrogen and oxygen atoms in total. The van der Waals surface area contributed by atoms with E-state index < -0.39 is 17.5 Å². The molecule has 0 aliphatic heterocycles. The van der Waals surface area contributed by atoms with Gasteiger partial charge in [0.1, 0.15) is 16.6 Å². The van der Waals surface area contributed by atoms with Crippen LogP contribution in [0.5, 0.6) is 0 Å². The fraction of sp³-hybridized carbons (Fsp3) is 0.0667. The van der Waals surface area contributed by atoms with E-state index >= 15 is 0 Å². The molecule has 0 aliphatic rings. The maximum Gasteiger partial charge on any atom is 0.228 e. The Balaban J connectivity index is 2.17. The molecule has 0 fully saturated rings. The van der Waals surface area contributed by atoms with Crippen molar-refractivity contribution >= 4 is 28.8 Å². The quantitative estimate of drug-likeness (QED) is 0.854. The molecule has 0 heterocycles. The van der Waals surface area contributed by atoms with Crippen molar-refractivity contribution in [3.05, 3.63) is 65.2 Å². The van der Waals surface area contributed by atoms with Crippen LogP contribution in [0, 0.1) is 11.6 Å². The minimum Gasteiger partial charge on any atom is -0.389 e. The number of hydrogen-bond donors (Lipinski definition) is 2. The molecule has 108 valence electrons. The molecular weight excluding hydrogens is 294 g/mol. The van der Waals surface area contributed by atoms with Crippen molar-refractivity contribution in [2.45, 2.75) is 6.42 Å². The largest absolute Gasteiger partial charge is 0.389 e. The Morgan fingerprint density at radius 2 is 1.90 bits per heavy atom. The first-order chi connectivity index (χ1) is 9.97. The average Bonchev–Trinajstić information content (AvgIpc) is 2.43. The van der Waals surface area contributed by atoms with Gasteiger partial charge in [-0.1, -0.05) is 30.4 Å². The van der Waals surface area contributed by atoms with Gasteiger partial charge in [-0.15, -0.1) is 0 Å². The number of anilines is 1. The molecule has 0 radical (unpaired) electrons. The summed E-state index contributed by atoms with van der Waals surface area (Å²) < 4.78 is 26.6. The monoisotopic (exact) mass is 306 g/mol. The second-order valence-corrected chi connectivity index (χ2v) is 4.81. The van der Waals surface area contributed by atoms with Crippen molar-refractivity contribution in [3.8, 4) is 0 Å². The van der Waals surface area contributed by atoms with E-state index in [1.165, 1.54) is 24.3 Å². The third kappa shape index (κ3) is 3.82. The molecule has 6 heteroatoms. The first kappa shape index (κ1) is 15.1. The number of nitrogens with two attached hydrogens (primary N) is 1. The Bertz CT molecular complexity index is 704. The third-order valence-electron chi connectivity index (χ3n) is 2.83. The van der Waals surface area contributed by atoms with E-state index in [9.17, 15) is 13.6 Å². The highest BCUT2D eigenvalue weighted by molar-refractivity contribution is 7.80. The van der Waals surface area contributed by atoms with Crippen LogP contribution in [0.3, 0.4) is 0 Å². The van der Waals surface area contributed by atoms with Gasteiger partial charge in [-0.3, -0.25) is 4.79 Å². The van der Waals surface area contributed by atoms with Crippen LogP contribution in [0.25, 0.3) is 0 Å². The lowest BCUT2D eigenvalue weighted by molar-refractivity contribution is -0.115. The number of thiocarbonyl (C=S) groups is 1. The van der Waals surface area contributed by atoms with Crippen molar-refractivity contribution < 1.29 is 13.6 Å². The fourth-order valence-electron chi connectivity index (χ4n) is 1.84. The van der Waals surface area contributed by atoms with Crippen LogP contribution in [0.2, 0.25) is 0 Å². The fourth-order valence-corrected chi connectivity index (χ4v) is 2.01. The second-order valence-electron chi connectivity index (χ2n) is 4.37. The van der Waals surface area contributed by atoms with E-state index in [4.69, 9.17) is 18.0 Å². The number of hydrogen-bond acceptors (Lipinski definition) is 2. The zero-order valence-electron chi connectivity index (χ0n) is 10.9. The average molecular weight is 306 g/mol. The molecule has 0 bridgehead atoms. The van der Waals surface area contributed by atoms with Crippen LogP contribution in [0.1, 0.15) is 11.1 Å². The molecule has 2 aromatic carbocycles. The maximum atomic E-state index is 13.5. The van der Waals surface area contributed by atoms with Gasteiger partial charge in [0.25, 0.3) is 0 Å². The topological polar surface area (TPSA) is 55.1 Å². The smallest absolute Gasteiger partial charge is 0.228 e. The highest BCUT2D eigenvalue weighted by Gasteiger charge is 2.12. The molecule has 21 heavy (non-hydrogen) atoms. The lowest BCUT2D eigenvalue weighted by atomic mass is 10.1. The van der Waals surface area contributed by atoms with E-state index in [2.05, 4.69) is 5.32 Å². The lowest BCUT2D eigenvalue weighted by Gasteiger charge is -2.10. The van der Waals surface area contributed by atoms with E-state index in [0.717, 1.165) is 6.07 Å². The number of halogens is 2. The van der Waals surface area contributed by atoms with E-state index in [1.807, 2.05) is 0 Å². The summed E-state index contributed by atoms with van der Waals surface area (Å²) in [6.45, 7) is 0. The van der Waals surface area contributed by atoms with Gasteiger partial charge < -0.3 is 11.1 Å². The Kier molecular flexibility index (Phi) is 4.59. The van der Waals surface area contributed by atoms with Gasteiger partial charge in [-0.25, -0.2) is 8.78 Å². The number of benzene rings is 2. The van der Waals surface area contributed by atoms with Crippen LogP contribution in [-0.4, -0.2) is 10.9 Å². The Morgan fingerprint density at radius 3 is 2.57 bits per heavy atom. The zero-order chi connectivity index (χ0) is 15.4. The van der Waals surface area contributed by atoms with Crippen molar-refractivity contribution in [1.29, 1.82) is 0 Å². The molecule has 0 unspecified atom stereocenters. The van der Waals surface area contributed by atoms with Crippen LogP contribution in [0.15, 0.2) is 42.5 Å². The van der Waals surface area contributed by atoms with Crippen molar-refractivity contribution in [1.82, 2.24) is 0 Å². The summed E-state index contributed by atoms with van der Waals surface area (Å²) in [4.78, 5) is 11.9. The molecule has 3 N–H and O–H groups in total. The summed E-state index contributed by atoms with van der Waals surface area (Å²) in [6, 6.07) is 9.67. The molecule has 0 aromatic heterocycles. The minimum absolute atomic E-state index is 0.0318. The molecule has 0 saturated carbocycles. The molecule has 0 saturated heterocycles. The number of amides is 1. The number of nitrogens with one attached hydrogen (secondary N) is 1. The number of rotatable bonds is 4. The summed E-state index contributed by atoms with van der Waals surface area (Å²) in [6.07, 6.45) is -0.138. The molecule has 1 amide bonds. The van der Waals surface area contributed by atoms with Gasteiger partial charge in [0.15, 0.2) is 0 Å². The van der Waals surface area contributed by atoms with E-state index in [-0.39, 0.29) is 22.5 Å². The van der Waals surface area contributed by atoms with Gasteiger partial charge in [-0.05, 0) is 29.8 Å². The van der Waals surface area contributed by atoms with E-state index in [1.54, 1.807) is 12.1 Å². The maximum absolute atomic E-state index is 13.5. The molecule has 0 atom stereocenters. The first-order valence-electron chi connectivity index (χ1n) is 6.10. The second kappa shape index (κ2) is 6.41. The van der Waals surface area contributed by atoms with Crippen molar-refractivity contribution in [2.75, 3.05) is 5.32 Å². The van der Waals surface area contributed by atoms with Gasteiger partial charge in [0.2, 0.25) is 5.91 Å². The lowest BCUT2D eigenvalue weighted by Crippen LogP contribution is -2.19. The molecule has 0 spiro atoms. The van der Waals surface area contributed by atoms with Crippen LogP contribution in [0.4, 0.5) is 14.5 Å². The number of carbonyl (C=O) groups excluding carboxylic acids is 1. The summed E-state index contributed by atoms with van der Waals surface area (Å²) in [5.74, 6) is -1.41. The summed E-state index contributed by atoms with van der Waals surface area (Å²) in [7, 11) is 0. The molecular formula is C15H12F2N2OS. The summed E-state index contributed by atoms with van der Waals surface area (Å²) in [5, 5.41) is 2.56. The number of carbonyl (C=O) groups is 1. The predicted molar refractivity (Wildman–Crippen MR) is 81.0 cm³/mol.